The Balaban J connectivity index is 2.01. The molecule has 2 heteroatoms. The molecule has 0 fully saturated rings. The molecule has 1 aromatic carbocycles. The Bertz CT molecular complexity index is 869. The zero-order valence-corrected chi connectivity index (χ0v) is 15.0. The van der Waals surface area contributed by atoms with Gasteiger partial charge in [-0.15, -0.1) is 0 Å². The number of benzene rings is 1. The Labute approximate surface area is 144 Å². The summed E-state index contributed by atoms with van der Waals surface area (Å²) in [6, 6.07) is 6.41. The Hall–Kier alpha value is -2.48. The second-order valence-corrected chi connectivity index (χ2v) is 7.01. The van der Waals surface area contributed by atoms with Gasteiger partial charge in [0.05, 0.1) is 11.8 Å². The third-order valence-electron chi connectivity index (χ3n) is 5.66. The first-order chi connectivity index (χ1) is 11.3. The minimum atomic E-state index is -0.115. The summed E-state index contributed by atoms with van der Waals surface area (Å²) >= 11 is 0. The van der Waals surface area contributed by atoms with Crippen LogP contribution in [0.25, 0.3) is 11.0 Å². The Kier molecular flexibility index (Phi) is 3.79. The van der Waals surface area contributed by atoms with Gasteiger partial charge in [0.1, 0.15) is 5.58 Å². The van der Waals surface area contributed by atoms with E-state index in [9.17, 15) is 0 Å². The van der Waals surface area contributed by atoms with E-state index >= 15 is 0 Å². The minimum absolute atomic E-state index is 0.0906. The molecule has 0 N–H and O–H groups in total. The fourth-order valence-electron chi connectivity index (χ4n) is 3.53. The van der Waals surface area contributed by atoms with E-state index in [0.29, 0.717) is 0 Å². The highest BCUT2D eigenvalue weighted by molar-refractivity contribution is 5.80. The summed E-state index contributed by atoms with van der Waals surface area (Å²) in [5.74, 6) is 0. The molecule has 2 atom stereocenters. The fraction of sp³-hybridized carbons (Fsp3) is 0.273. The van der Waals surface area contributed by atoms with Gasteiger partial charge < -0.3 is 9.32 Å². The molecule has 1 aliphatic rings. The molecule has 1 heterocycles. The van der Waals surface area contributed by atoms with Crippen molar-refractivity contribution in [3.8, 4) is 0 Å². The third kappa shape index (κ3) is 2.25. The maximum atomic E-state index is 5.63. The standard InChI is InChI=1S/C22H25NO/c1-7-16(2)8-12-23(6)22(5)11-10-21(22,4)19-15-20-18(9-13-24-20)14-17(19)3/h7-15H,1-2H2,3-6H3/b12-8-. The highest BCUT2D eigenvalue weighted by Gasteiger charge is 2.51. The van der Waals surface area contributed by atoms with Crippen LogP contribution in [0.4, 0.5) is 0 Å². The van der Waals surface area contributed by atoms with Crippen molar-refractivity contribution in [2.45, 2.75) is 31.7 Å². The van der Waals surface area contributed by atoms with E-state index in [4.69, 9.17) is 4.42 Å². The number of hydrogen-bond acceptors (Lipinski definition) is 2. The largest absolute Gasteiger partial charge is 0.464 e. The van der Waals surface area contributed by atoms with Crippen molar-refractivity contribution in [3.05, 3.63) is 84.8 Å². The Morgan fingerprint density at radius 2 is 2.00 bits per heavy atom. The molecule has 0 amide bonds. The Morgan fingerprint density at radius 3 is 2.62 bits per heavy atom. The maximum Gasteiger partial charge on any atom is 0.134 e. The molecule has 24 heavy (non-hydrogen) atoms. The van der Waals surface area contributed by atoms with E-state index in [1.54, 1.807) is 12.3 Å². The van der Waals surface area contributed by atoms with Gasteiger partial charge in [-0.2, -0.15) is 0 Å². The van der Waals surface area contributed by atoms with Gasteiger partial charge in [-0.1, -0.05) is 31.4 Å². The molecule has 0 saturated carbocycles. The maximum absolute atomic E-state index is 5.63. The van der Waals surface area contributed by atoms with Crippen molar-refractivity contribution >= 4 is 11.0 Å². The van der Waals surface area contributed by atoms with Gasteiger partial charge >= 0.3 is 0 Å². The number of furan rings is 1. The zero-order chi connectivity index (χ0) is 17.5. The quantitative estimate of drug-likeness (QED) is 0.533. The van der Waals surface area contributed by atoms with Gasteiger partial charge in [-0.3, -0.25) is 0 Å². The van der Waals surface area contributed by atoms with Gasteiger partial charge in [0.25, 0.3) is 0 Å². The zero-order valence-electron chi connectivity index (χ0n) is 15.0. The molecule has 2 nitrogen and oxygen atoms in total. The van der Waals surface area contributed by atoms with Crippen molar-refractivity contribution in [2.75, 3.05) is 7.05 Å². The van der Waals surface area contributed by atoms with Crippen LogP contribution in [0.1, 0.15) is 25.0 Å². The van der Waals surface area contributed by atoms with E-state index in [1.807, 2.05) is 12.1 Å². The summed E-state index contributed by atoms with van der Waals surface area (Å²) in [4.78, 5) is 2.24. The molecule has 1 aromatic heterocycles. The first kappa shape index (κ1) is 16.4. The predicted molar refractivity (Wildman–Crippen MR) is 102 cm³/mol. The molecule has 0 bridgehead atoms. The number of fused-ring (bicyclic) bond motifs is 1. The van der Waals surface area contributed by atoms with Gasteiger partial charge in [-0.05, 0) is 61.7 Å². The third-order valence-corrected chi connectivity index (χ3v) is 5.66. The van der Waals surface area contributed by atoms with Crippen LogP contribution >= 0.6 is 0 Å². The SMILES string of the molecule is C=CC(=C)/C=C\N(C)C1(C)C=CC1(C)c1cc2occc2cc1C. The number of nitrogens with zero attached hydrogens (tertiary/aromatic N) is 1. The highest BCUT2D eigenvalue weighted by Crippen LogP contribution is 2.50. The van der Waals surface area contributed by atoms with E-state index in [1.165, 1.54) is 11.1 Å². The second kappa shape index (κ2) is 5.55. The van der Waals surface area contributed by atoms with E-state index in [-0.39, 0.29) is 11.0 Å². The molecule has 2 unspecified atom stereocenters. The molecule has 0 aliphatic heterocycles. The number of allylic oxidation sites excluding steroid dienone is 3. The number of hydrogen-bond donors (Lipinski definition) is 0. The first-order valence-electron chi connectivity index (χ1n) is 8.23. The lowest BCUT2D eigenvalue weighted by Gasteiger charge is -2.55. The molecular weight excluding hydrogens is 294 g/mol. The summed E-state index contributed by atoms with van der Waals surface area (Å²) in [5, 5.41) is 1.15. The van der Waals surface area contributed by atoms with E-state index in [2.05, 4.69) is 76.4 Å². The van der Waals surface area contributed by atoms with Crippen molar-refractivity contribution in [1.29, 1.82) is 0 Å². The average Bonchev–Trinajstić information content (AvgIpc) is 3.03. The molecule has 0 spiro atoms. The van der Waals surface area contributed by atoms with Crippen LogP contribution in [-0.2, 0) is 5.41 Å². The van der Waals surface area contributed by atoms with Gasteiger partial charge in [0.2, 0.25) is 0 Å². The van der Waals surface area contributed by atoms with Crippen LogP contribution in [0, 0.1) is 6.92 Å². The lowest BCUT2D eigenvalue weighted by atomic mass is 9.58. The summed E-state index contributed by atoms with van der Waals surface area (Å²) in [7, 11) is 2.11. The van der Waals surface area contributed by atoms with Gasteiger partial charge in [0.15, 0.2) is 0 Å². The number of rotatable bonds is 5. The van der Waals surface area contributed by atoms with Gasteiger partial charge in [0, 0.05) is 24.0 Å². The lowest BCUT2D eigenvalue weighted by Crippen LogP contribution is -2.59. The van der Waals surface area contributed by atoms with Gasteiger partial charge in [-0.25, -0.2) is 0 Å². The predicted octanol–water partition coefficient (Wildman–Crippen LogP) is 5.52. The topological polar surface area (TPSA) is 16.4 Å². The molecule has 1 aliphatic carbocycles. The van der Waals surface area contributed by atoms with Crippen molar-refractivity contribution < 1.29 is 4.42 Å². The molecule has 2 aromatic rings. The molecule has 0 saturated heterocycles. The normalized spacial score (nSPS) is 25.8. The summed E-state index contributed by atoms with van der Waals surface area (Å²) in [5.41, 5.74) is 4.23. The van der Waals surface area contributed by atoms with E-state index < -0.39 is 0 Å². The fourth-order valence-corrected chi connectivity index (χ4v) is 3.53. The highest BCUT2D eigenvalue weighted by atomic mass is 16.3. The monoisotopic (exact) mass is 319 g/mol. The van der Waals surface area contributed by atoms with Crippen molar-refractivity contribution in [2.24, 2.45) is 0 Å². The van der Waals surface area contributed by atoms with E-state index in [0.717, 1.165) is 16.5 Å². The minimum Gasteiger partial charge on any atom is -0.464 e. The second-order valence-electron chi connectivity index (χ2n) is 7.01. The van der Waals surface area contributed by atoms with Crippen LogP contribution in [0.15, 0.2) is 78.1 Å². The summed E-state index contributed by atoms with van der Waals surface area (Å²) in [6.07, 6.45) is 12.1. The number of aryl methyl sites for hydroxylation is 1. The van der Waals surface area contributed by atoms with Crippen LogP contribution in [0.2, 0.25) is 0 Å². The summed E-state index contributed by atoms with van der Waals surface area (Å²) < 4.78 is 5.63. The first-order valence-corrected chi connectivity index (χ1v) is 8.23. The van der Waals surface area contributed by atoms with Crippen LogP contribution in [0.3, 0.4) is 0 Å². The van der Waals surface area contributed by atoms with Crippen LogP contribution in [-0.4, -0.2) is 17.5 Å². The lowest BCUT2D eigenvalue weighted by molar-refractivity contribution is 0.149. The average molecular weight is 319 g/mol. The molecule has 3 rings (SSSR count). The van der Waals surface area contributed by atoms with Crippen LogP contribution < -0.4 is 0 Å². The van der Waals surface area contributed by atoms with Crippen molar-refractivity contribution in [3.63, 3.8) is 0 Å². The Morgan fingerprint density at radius 1 is 1.25 bits per heavy atom. The van der Waals surface area contributed by atoms with Crippen LogP contribution in [0.5, 0.6) is 0 Å². The van der Waals surface area contributed by atoms with Crippen molar-refractivity contribution in [1.82, 2.24) is 4.90 Å². The smallest absolute Gasteiger partial charge is 0.134 e. The molecule has 124 valence electrons. The number of likely N-dealkylation sites (N-methyl/N-ethyl adjacent to an activating group) is 1. The molecular formula is C22H25NO. The molecule has 0 radical (unpaired) electrons. The summed E-state index contributed by atoms with van der Waals surface area (Å²) in [6.45, 7) is 14.4.